The van der Waals surface area contributed by atoms with Crippen LogP contribution in [-0.4, -0.2) is 68.3 Å². The summed E-state index contributed by atoms with van der Waals surface area (Å²) in [6.45, 7) is 23.1. The van der Waals surface area contributed by atoms with Crippen LogP contribution in [0.1, 0.15) is 108 Å². The fraction of sp³-hybridized carbons (Fsp3) is 0.929. The summed E-state index contributed by atoms with van der Waals surface area (Å²) in [5.41, 5.74) is -1.12. The summed E-state index contributed by atoms with van der Waals surface area (Å²) >= 11 is 0. The highest BCUT2D eigenvalue weighted by Crippen LogP contribution is 2.20. The van der Waals surface area contributed by atoms with E-state index in [4.69, 9.17) is 18.9 Å². The Hall–Kier alpha value is -1.38. The van der Waals surface area contributed by atoms with Crippen molar-refractivity contribution in [3.05, 3.63) is 0 Å². The number of carbonyl (C=O) groups excluding carboxylic acids is 2. The van der Waals surface area contributed by atoms with E-state index in [2.05, 4.69) is 45.3 Å². The summed E-state index contributed by atoms with van der Waals surface area (Å²) < 4.78 is 23.0. The van der Waals surface area contributed by atoms with E-state index in [9.17, 15) is 9.59 Å². The summed E-state index contributed by atoms with van der Waals surface area (Å²) in [5.74, 6) is 0.0779. The highest BCUT2D eigenvalue weighted by atomic mass is 16.6. The van der Waals surface area contributed by atoms with Crippen LogP contribution >= 0.6 is 0 Å². The lowest BCUT2D eigenvalue weighted by molar-refractivity contribution is -0.128. The van der Waals surface area contributed by atoms with Crippen LogP contribution < -0.4 is 10.6 Å². The Morgan fingerprint density at radius 1 is 0.583 bits per heavy atom. The number of rotatable bonds is 18. The molecule has 214 valence electrons. The van der Waals surface area contributed by atoms with Crippen molar-refractivity contribution in [3.63, 3.8) is 0 Å². The maximum atomic E-state index is 11.8. The Kier molecular flexibility index (Phi) is 15.8. The number of ether oxygens (including phenoxy) is 4. The Balaban J connectivity index is 3.78. The molecule has 0 aliphatic heterocycles. The second-order valence-corrected chi connectivity index (χ2v) is 12.7. The van der Waals surface area contributed by atoms with Gasteiger partial charge in [0.05, 0.1) is 30.0 Å². The maximum Gasteiger partial charge on any atom is 0.407 e. The molecule has 0 aromatic heterocycles. The van der Waals surface area contributed by atoms with Gasteiger partial charge in [-0.2, -0.15) is 0 Å². The summed E-state index contributed by atoms with van der Waals surface area (Å²) in [4.78, 5) is 23.6. The summed E-state index contributed by atoms with van der Waals surface area (Å²) in [6, 6.07) is 0. The zero-order valence-corrected chi connectivity index (χ0v) is 24.9. The molecule has 8 nitrogen and oxygen atoms in total. The minimum absolute atomic E-state index is 0.0779. The van der Waals surface area contributed by atoms with Gasteiger partial charge in [0.2, 0.25) is 5.91 Å². The molecule has 0 spiro atoms. The summed E-state index contributed by atoms with van der Waals surface area (Å²) in [7, 11) is 0. The van der Waals surface area contributed by atoms with Crippen molar-refractivity contribution in [2.24, 2.45) is 5.41 Å². The Morgan fingerprint density at radius 3 is 1.56 bits per heavy atom. The molecule has 8 heteroatoms. The molecular weight excluding hydrogens is 460 g/mol. The van der Waals surface area contributed by atoms with Crippen molar-refractivity contribution < 1.29 is 28.5 Å². The average molecular weight is 517 g/mol. The van der Waals surface area contributed by atoms with Crippen LogP contribution in [0.2, 0.25) is 0 Å². The van der Waals surface area contributed by atoms with Crippen LogP contribution in [0.25, 0.3) is 0 Å². The number of unbranched alkanes of at least 4 members (excludes halogenated alkanes) is 3. The second-order valence-electron chi connectivity index (χ2n) is 12.7. The molecule has 0 atom stereocenters. The van der Waals surface area contributed by atoms with Crippen molar-refractivity contribution in [1.82, 2.24) is 10.6 Å². The van der Waals surface area contributed by atoms with Crippen LogP contribution in [0, 0.1) is 5.41 Å². The van der Waals surface area contributed by atoms with Crippen LogP contribution in [-0.2, 0) is 23.7 Å². The van der Waals surface area contributed by atoms with E-state index in [0.717, 1.165) is 38.5 Å². The topological polar surface area (TPSA) is 95.1 Å². The number of hydrogen-bond donors (Lipinski definition) is 2. The van der Waals surface area contributed by atoms with Crippen LogP contribution in [0.3, 0.4) is 0 Å². The first-order chi connectivity index (χ1) is 16.4. The molecule has 36 heavy (non-hydrogen) atoms. The summed E-state index contributed by atoms with van der Waals surface area (Å²) in [6.07, 6.45) is 4.96. The minimum atomic E-state index is -0.420. The number of amides is 2. The molecule has 0 aliphatic rings. The van der Waals surface area contributed by atoms with Gasteiger partial charge in [0.15, 0.2) is 0 Å². The molecule has 0 aliphatic carbocycles. The van der Waals surface area contributed by atoms with Gasteiger partial charge >= 0.3 is 6.09 Å². The Morgan fingerprint density at radius 2 is 1.06 bits per heavy atom. The van der Waals surface area contributed by atoms with Gasteiger partial charge in [-0.25, -0.2) is 4.79 Å². The van der Waals surface area contributed by atoms with Gasteiger partial charge in [0, 0.05) is 25.1 Å². The Labute approximate surface area is 220 Å². The van der Waals surface area contributed by atoms with Crippen LogP contribution in [0.4, 0.5) is 4.79 Å². The molecule has 0 bridgehead atoms. The first-order valence-corrected chi connectivity index (χ1v) is 13.5. The third-order valence-corrected chi connectivity index (χ3v) is 5.59. The quantitative estimate of drug-likeness (QED) is 0.230. The molecule has 0 saturated heterocycles. The second kappa shape index (κ2) is 16.5. The first-order valence-electron chi connectivity index (χ1n) is 13.5. The monoisotopic (exact) mass is 516 g/mol. The van der Waals surface area contributed by atoms with E-state index >= 15 is 0 Å². The molecule has 2 N–H and O–H groups in total. The van der Waals surface area contributed by atoms with Gasteiger partial charge in [0.1, 0.15) is 6.61 Å². The number of carbonyl (C=O) groups is 2. The van der Waals surface area contributed by atoms with Gasteiger partial charge in [-0.3, -0.25) is 4.79 Å². The molecule has 0 rings (SSSR count). The molecule has 2 amide bonds. The van der Waals surface area contributed by atoms with E-state index in [1.54, 1.807) is 0 Å². The van der Waals surface area contributed by atoms with E-state index < -0.39 is 6.09 Å². The molecule has 0 aromatic rings. The van der Waals surface area contributed by atoms with E-state index in [1.165, 1.54) is 0 Å². The standard InChI is InChI=1S/C28H56N2O6/c1-25(2,3)23(31)29-17-13-11-12-14-18-30-24(32)33-21-22-36-28(9,10)16-20-35-27(7,8)15-19-34-26(4,5)6/h11-22H2,1-10H3,(H,29,31)(H,30,32). The zero-order valence-electron chi connectivity index (χ0n) is 24.9. The molecule has 0 aromatic carbocycles. The normalized spacial score (nSPS) is 12.9. The van der Waals surface area contributed by atoms with Gasteiger partial charge in [-0.15, -0.1) is 0 Å². The summed E-state index contributed by atoms with van der Waals surface area (Å²) in [5, 5.41) is 5.72. The highest BCUT2D eigenvalue weighted by Gasteiger charge is 2.24. The zero-order chi connectivity index (χ0) is 27.9. The van der Waals surface area contributed by atoms with Crippen molar-refractivity contribution in [2.75, 3.05) is 39.5 Å². The lowest BCUT2D eigenvalue weighted by Gasteiger charge is -2.30. The maximum absolute atomic E-state index is 11.8. The third-order valence-electron chi connectivity index (χ3n) is 5.59. The number of nitrogens with one attached hydrogen (secondary N) is 2. The molecule has 0 heterocycles. The van der Waals surface area contributed by atoms with E-state index in [1.807, 2.05) is 34.6 Å². The largest absolute Gasteiger partial charge is 0.447 e. The van der Waals surface area contributed by atoms with Gasteiger partial charge < -0.3 is 29.6 Å². The van der Waals surface area contributed by atoms with Crippen molar-refractivity contribution in [3.8, 4) is 0 Å². The highest BCUT2D eigenvalue weighted by molar-refractivity contribution is 5.81. The minimum Gasteiger partial charge on any atom is -0.447 e. The van der Waals surface area contributed by atoms with E-state index in [-0.39, 0.29) is 34.7 Å². The smallest absolute Gasteiger partial charge is 0.407 e. The molecule has 0 saturated carbocycles. The SMILES string of the molecule is CC(C)(C)OCCC(C)(C)OCCC(C)(C)OCCOC(=O)NCCCCCCNC(=O)C(C)(C)C. The third kappa shape index (κ3) is 20.8. The number of alkyl carbamates (subject to hydrolysis) is 1. The molecule has 0 unspecified atom stereocenters. The van der Waals surface area contributed by atoms with Crippen LogP contribution in [0.15, 0.2) is 0 Å². The van der Waals surface area contributed by atoms with E-state index in [0.29, 0.717) is 32.9 Å². The fourth-order valence-electron chi connectivity index (χ4n) is 3.08. The fourth-order valence-corrected chi connectivity index (χ4v) is 3.08. The predicted molar refractivity (Wildman–Crippen MR) is 145 cm³/mol. The lowest BCUT2D eigenvalue weighted by atomic mass is 9.96. The first kappa shape index (κ1) is 34.6. The van der Waals surface area contributed by atoms with Gasteiger partial charge in [-0.1, -0.05) is 33.6 Å². The molecule has 0 fully saturated rings. The van der Waals surface area contributed by atoms with Crippen molar-refractivity contribution >= 4 is 12.0 Å². The molecular formula is C28H56N2O6. The van der Waals surface area contributed by atoms with Crippen LogP contribution in [0.5, 0.6) is 0 Å². The van der Waals surface area contributed by atoms with Gasteiger partial charge in [-0.05, 0) is 74.1 Å². The molecule has 0 radical (unpaired) electrons. The van der Waals surface area contributed by atoms with Crippen molar-refractivity contribution in [2.45, 2.75) is 125 Å². The van der Waals surface area contributed by atoms with Crippen molar-refractivity contribution in [1.29, 1.82) is 0 Å². The number of hydrogen-bond acceptors (Lipinski definition) is 6. The van der Waals surface area contributed by atoms with Gasteiger partial charge in [0.25, 0.3) is 0 Å². The average Bonchev–Trinajstić information content (AvgIpc) is 2.70. The predicted octanol–water partition coefficient (Wildman–Crippen LogP) is 5.62. The Bertz CT molecular complexity index is 621. The lowest BCUT2D eigenvalue weighted by Crippen LogP contribution is -2.35.